The standard InChI is InChI=1S/C24H22BrN3O2/c1-14-15(2)23(26-16(3)22(14)30-13-17-7-5-4-6-8-17)28-24(29)21-11-18-9-10-19(25)12-20(18)27-21/h4-12,27H,13H2,1-3H3,(H,26,28,29). The number of aromatic amines is 1. The molecule has 0 saturated heterocycles. The number of benzene rings is 2. The molecule has 0 saturated carbocycles. The van der Waals surface area contributed by atoms with Crippen LogP contribution >= 0.6 is 15.9 Å². The van der Waals surface area contributed by atoms with Gasteiger partial charge in [0.05, 0.1) is 5.69 Å². The lowest BCUT2D eigenvalue weighted by Crippen LogP contribution is -2.16. The van der Waals surface area contributed by atoms with E-state index in [0.29, 0.717) is 18.1 Å². The molecule has 0 aliphatic heterocycles. The highest BCUT2D eigenvalue weighted by atomic mass is 79.9. The third-order valence-corrected chi connectivity index (χ3v) is 5.65. The molecule has 4 aromatic rings. The normalized spacial score (nSPS) is 10.9. The van der Waals surface area contributed by atoms with E-state index in [1.54, 1.807) is 0 Å². The molecule has 2 N–H and O–H groups in total. The summed E-state index contributed by atoms with van der Waals surface area (Å²) in [6, 6.07) is 17.7. The third-order valence-electron chi connectivity index (χ3n) is 5.15. The number of aromatic nitrogens is 2. The van der Waals surface area contributed by atoms with Crippen molar-refractivity contribution in [2.75, 3.05) is 5.32 Å². The Morgan fingerprint density at radius 3 is 2.60 bits per heavy atom. The topological polar surface area (TPSA) is 67.0 Å². The summed E-state index contributed by atoms with van der Waals surface area (Å²) in [5, 5.41) is 3.91. The molecule has 30 heavy (non-hydrogen) atoms. The molecule has 2 aromatic heterocycles. The summed E-state index contributed by atoms with van der Waals surface area (Å²) in [5.74, 6) is 1.07. The Morgan fingerprint density at radius 2 is 1.83 bits per heavy atom. The first kappa shape index (κ1) is 20.2. The van der Waals surface area contributed by atoms with Gasteiger partial charge in [0.25, 0.3) is 5.91 Å². The molecule has 0 atom stereocenters. The van der Waals surface area contributed by atoms with E-state index in [2.05, 4.69) is 31.2 Å². The van der Waals surface area contributed by atoms with E-state index < -0.39 is 0 Å². The van der Waals surface area contributed by atoms with Crippen LogP contribution in [0, 0.1) is 20.8 Å². The SMILES string of the molecule is Cc1nc(NC(=O)c2cc3ccc(Br)cc3[nH]2)c(C)c(C)c1OCc1ccccc1. The number of carbonyl (C=O) groups excluding carboxylic acids is 1. The van der Waals surface area contributed by atoms with Gasteiger partial charge in [-0.15, -0.1) is 0 Å². The van der Waals surface area contributed by atoms with E-state index >= 15 is 0 Å². The van der Waals surface area contributed by atoms with Crippen molar-refractivity contribution < 1.29 is 9.53 Å². The predicted octanol–water partition coefficient (Wildman–Crippen LogP) is 6.08. The number of anilines is 1. The lowest BCUT2D eigenvalue weighted by atomic mass is 10.1. The fraction of sp³-hybridized carbons (Fsp3) is 0.167. The Hall–Kier alpha value is -3.12. The summed E-state index contributed by atoms with van der Waals surface area (Å²) >= 11 is 3.45. The minimum absolute atomic E-state index is 0.227. The van der Waals surface area contributed by atoms with Gasteiger partial charge >= 0.3 is 0 Å². The molecule has 0 fully saturated rings. The molecule has 0 radical (unpaired) electrons. The van der Waals surface area contributed by atoms with Crippen LogP contribution in [-0.4, -0.2) is 15.9 Å². The molecule has 6 heteroatoms. The molecule has 0 aliphatic carbocycles. The van der Waals surface area contributed by atoms with Gasteiger partial charge in [-0.05, 0) is 55.7 Å². The van der Waals surface area contributed by atoms with Crippen molar-refractivity contribution in [3.63, 3.8) is 0 Å². The molecule has 0 unspecified atom stereocenters. The van der Waals surface area contributed by atoms with E-state index in [4.69, 9.17) is 4.74 Å². The number of ether oxygens (including phenoxy) is 1. The van der Waals surface area contributed by atoms with Gasteiger partial charge < -0.3 is 15.0 Å². The fourth-order valence-electron chi connectivity index (χ4n) is 3.38. The average Bonchev–Trinajstić information content (AvgIpc) is 3.16. The van der Waals surface area contributed by atoms with Gasteiger partial charge in [-0.3, -0.25) is 4.79 Å². The number of fused-ring (bicyclic) bond motifs is 1. The average molecular weight is 464 g/mol. The molecular weight excluding hydrogens is 442 g/mol. The Bertz CT molecular complexity index is 1230. The van der Waals surface area contributed by atoms with Crippen LogP contribution in [0.25, 0.3) is 10.9 Å². The first-order chi connectivity index (χ1) is 14.4. The van der Waals surface area contributed by atoms with Crippen molar-refractivity contribution in [1.29, 1.82) is 0 Å². The zero-order valence-electron chi connectivity index (χ0n) is 17.0. The first-order valence-electron chi connectivity index (χ1n) is 9.66. The maximum Gasteiger partial charge on any atom is 0.273 e. The van der Waals surface area contributed by atoms with Crippen LogP contribution in [0.3, 0.4) is 0 Å². The molecule has 0 aliphatic rings. The second kappa shape index (κ2) is 8.32. The Balaban J connectivity index is 1.55. The molecule has 0 bridgehead atoms. The molecule has 1 amide bonds. The fourth-order valence-corrected chi connectivity index (χ4v) is 3.74. The van der Waals surface area contributed by atoms with E-state index in [0.717, 1.165) is 43.5 Å². The molecule has 4 rings (SSSR count). The quantitative estimate of drug-likeness (QED) is 0.376. The number of amides is 1. The number of hydrogen-bond donors (Lipinski definition) is 2. The predicted molar refractivity (Wildman–Crippen MR) is 123 cm³/mol. The minimum atomic E-state index is -0.227. The van der Waals surface area contributed by atoms with Gasteiger partial charge in [0.1, 0.15) is 23.9 Å². The van der Waals surface area contributed by atoms with E-state index in [9.17, 15) is 4.79 Å². The minimum Gasteiger partial charge on any atom is -0.487 e. The summed E-state index contributed by atoms with van der Waals surface area (Å²) in [4.78, 5) is 20.6. The zero-order valence-corrected chi connectivity index (χ0v) is 18.6. The van der Waals surface area contributed by atoms with Gasteiger partial charge in [-0.25, -0.2) is 4.98 Å². The highest BCUT2D eigenvalue weighted by molar-refractivity contribution is 9.10. The Kier molecular flexibility index (Phi) is 5.59. The highest BCUT2D eigenvalue weighted by Gasteiger charge is 2.17. The Morgan fingerprint density at radius 1 is 1.07 bits per heavy atom. The lowest BCUT2D eigenvalue weighted by Gasteiger charge is -2.17. The molecule has 2 aromatic carbocycles. The smallest absolute Gasteiger partial charge is 0.273 e. The summed E-state index contributed by atoms with van der Waals surface area (Å²) < 4.78 is 7.00. The van der Waals surface area contributed by atoms with Crippen LogP contribution in [0.5, 0.6) is 5.75 Å². The molecule has 5 nitrogen and oxygen atoms in total. The second-order valence-electron chi connectivity index (χ2n) is 7.27. The van der Waals surface area contributed by atoms with Crippen molar-refractivity contribution in [1.82, 2.24) is 9.97 Å². The van der Waals surface area contributed by atoms with Crippen LogP contribution < -0.4 is 10.1 Å². The molecule has 2 heterocycles. The maximum atomic E-state index is 12.8. The number of aryl methyl sites for hydroxylation is 1. The number of pyridine rings is 1. The van der Waals surface area contributed by atoms with Gasteiger partial charge in [0, 0.05) is 15.4 Å². The number of carbonyl (C=O) groups is 1. The van der Waals surface area contributed by atoms with Crippen molar-refractivity contribution in [3.8, 4) is 5.75 Å². The van der Waals surface area contributed by atoms with Crippen LogP contribution in [0.4, 0.5) is 5.82 Å². The van der Waals surface area contributed by atoms with Gasteiger partial charge in [0.15, 0.2) is 0 Å². The monoisotopic (exact) mass is 463 g/mol. The molecular formula is C24H22BrN3O2. The number of rotatable bonds is 5. The summed E-state index contributed by atoms with van der Waals surface area (Å²) in [6.45, 7) is 6.29. The second-order valence-corrected chi connectivity index (χ2v) is 8.18. The van der Waals surface area contributed by atoms with Crippen LogP contribution in [0.1, 0.15) is 32.9 Å². The lowest BCUT2D eigenvalue weighted by molar-refractivity contribution is 0.102. The molecule has 0 spiro atoms. The number of nitrogens with zero attached hydrogens (tertiary/aromatic N) is 1. The van der Waals surface area contributed by atoms with Crippen LogP contribution in [-0.2, 0) is 6.61 Å². The number of hydrogen-bond acceptors (Lipinski definition) is 3. The van der Waals surface area contributed by atoms with Crippen molar-refractivity contribution in [2.45, 2.75) is 27.4 Å². The van der Waals surface area contributed by atoms with Gasteiger partial charge in [0.2, 0.25) is 0 Å². The van der Waals surface area contributed by atoms with E-state index in [1.165, 1.54) is 0 Å². The summed E-state index contributed by atoms with van der Waals surface area (Å²) in [6.07, 6.45) is 0. The largest absolute Gasteiger partial charge is 0.487 e. The highest BCUT2D eigenvalue weighted by Crippen LogP contribution is 2.30. The molecule has 152 valence electrons. The number of H-pyrrole nitrogens is 1. The van der Waals surface area contributed by atoms with Crippen molar-refractivity contribution >= 4 is 38.6 Å². The van der Waals surface area contributed by atoms with Gasteiger partial charge in [-0.1, -0.05) is 52.3 Å². The Labute approximate surface area is 183 Å². The van der Waals surface area contributed by atoms with Crippen molar-refractivity contribution in [2.24, 2.45) is 0 Å². The van der Waals surface area contributed by atoms with Crippen molar-refractivity contribution in [3.05, 3.63) is 87.1 Å². The van der Waals surface area contributed by atoms with E-state index in [-0.39, 0.29) is 5.91 Å². The van der Waals surface area contributed by atoms with Crippen LogP contribution in [0.2, 0.25) is 0 Å². The van der Waals surface area contributed by atoms with Crippen LogP contribution in [0.15, 0.2) is 59.1 Å². The summed E-state index contributed by atoms with van der Waals surface area (Å²) in [5.41, 5.74) is 5.08. The maximum absolute atomic E-state index is 12.8. The number of halogens is 1. The zero-order chi connectivity index (χ0) is 21.3. The van der Waals surface area contributed by atoms with E-state index in [1.807, 2.05) is 75.4 Å². The summed E-state index contributed by atoms with van der Waals surface area (Å²) in [7, 11) is 0. The first-order valence-corrected chi connectivity index (χ1v) is 10.5. The number of nitrogens with one attached hydrogen (secondary N) is 2. The third kappa shape index (κ3) is 4.09. The van der Waals surface area contributed by atoms with Gasteiger partial charge in [-0.2, -0.15) is 0 Å².